The van der Waals surface area contributed by atoms with E-state index in [0.29, 0.717) is 0 Å². The van der Waals surface area contributed by atoms with Crippen LogP contribution in [0.1, 0.15) is 70.1 Å². The first-order chi connectivity index (χ1) is 11.4. The van der Waals surface area contributed by atoms with Gasteiger partial charge in [-0.2, -0.15) is 0 Å². The molecule has 0 atom stereocenters. The third kappa shape index (κ3) is 3.04. The zero-order chi connectivity index (χ0) is 17.3. The molecule has 3 rings (SSSR count). The predicted octanol–water partition coefficient (Wildman–Crippen LogP) is 7.13. The van der Waals surface area contributed by atoms with Gasteiger partial charge < -0.3 is 0 Å². The highest BCUT2D eigenvalue weighted by atomic mass is 14.4. The second-order valence-corrected chi connectivity index (χ2v) is 8.54. The molecule has 0 heterocycles. The summed E-state index contributed by atoms with van der Waals surface area (Å²) < 4.78 is 0. The molecule has 0 spiro atoms. The van der Waals surface area contributed by atoms with Crippen LogP contribution >= 0.6 is 0 Å². The maximum absolute atomic E-state index is 2.47. The van der Waals surface area contributed by atoms with E-state index in [9.17, 15) is 0 Å². The lowest BCUT2D eigenvalue weighted by atomic mass is 9.69. The molecule has 0 amide bonds. The van der Waals surface area contributed by atoms with Crippen LogP contribution in [0.4, 0.5) is 0 Å². The molecule has 1 aliphatic rings. The number of rotatable bonds is 6. The Labute approximate surface area is 148 Å². The number of hydrogen-bond acceptors (Lipinski definition) is 0. The van der Waals surface area contributed by atoms with Crippen LogP contribution in [0.25, 0.3) is 11.1 Å². The summed E-state index contributed by atoms with van der Waals surface area (Å²) >= 11 is 0. The van der Waals surface area contributed by atoms with Crippen molar-refractivity contribution in [1.82, 2.24) is 0 Å². The largest absolute Gasteiger partial charge is 0.0628 e. The fraction of sp³-hybridized carbons (Fsp3) is 0.500. The summed E-state index contributed by atoms with van der Waals surface area (Å²) in [5.74, 6) is 1.50. The van der Waals surface area contributed by atoms with Gasteiger partial charge in [0.05, 0.1) is 0 Å². The summed E-state index contributed by atoms with van der Waals surface area (Å²) in [6.45, 7) is 11.7. The second-order valence-electron chi connectivity index (χ2n) is 8.54. The van der Waals surface area contributed by atoms with Crippen LogP contribution in [-0.2, 0) is 5.41 Å². The average Bonchev–Trinajstić information content (AvgIpc) is 2.81. The topological polar surface area (TPSA) is 0 Å². The van der Waals surface area contributed by atoms with Gasteiger partial charge in [0.25, 0.3) is 0 Å². The number of fused-ring (bicyclic) bond motifs is 3. The van der Waals surface area contributed by atoms with Crippen LogP contribution in [0.2, 0.25) is 0 Å². The van der Waals surface area contributed by atoms with Gasteiger partial charge in [-0.3, -0.25) is 0 Å². The molecule has 2 aromatic carbocycles. The Hall–Kier alpha value is -1.56. The molecule has 0 aromatic heterocycles. The second kappa shape index (κ2) is 6.75. The molecular formula is C24H32. The van der Waals surface area contributed by atoms with Gasteiger partial charge in [-0.15, -0.1) is 0 Å². The van der Waals surface area contributed by atoms with Crippen molar-refractivity contribution in [2.24, 2.45) is 11.8 Å². The van der Waals surface area contributed by atoms with Crippen LogP contribution in [0, 0.1) is 18.8 Å². The molecule has 0 radical (unpaired) electrons. The van der Waals surface area contributed by atoms with Crippen LogP contribution in [0.3, 0.4) is 0 Å². The third-order valence-corrected chi connectivity index (χ3v) is 5.72. The van der Waals surface area contributed by atoms with E-state index < -0.39 is 0 Å². The summed E-state index contributed by atoms with van der Waals surface area (Å²) in [6.07, 6.45) is 5.12. The Bertz CT molecular complexity index is 694. The number of benzene rings is 2. The van der Waals surface area contributed by atoms with Crippen molar-refractivity contribution >= 4 is 0 Å². The standard InChI is InChI=1S/C24H32/c1-17(2)12-14-24(15-13-18(3)4)22-9-7-6-8-20(22)21-11-10-19(5)16-23(21)24/h6-11,16-18H,12-15H2,1-5H3. The monoisotopic (exact) mass is 320 g/mol. The van der Waals surface area contributed by atoms with Gasteiger partial charge in [-0.25, -0.2) is 0 Å². The lowest BCUT2D eigenvalue weighted by molar-refractivity contribution is 0.364. The zero-order valence-corrected chi connectivity index (χ0v) is 16.0. The molecule has 0 N–H and O–H groups in total. The maximum atomic E-state index is 2.47. The van der Waals surface area contributed by atoms with Gasteiger partial charge in [-0.05, 0) is 66.7 Å². The van der Waals surface area contributed by atoms with E-state index in [4.69, 9.17) is 0 Å². The predicted molar refractivity (Wildman–Crippen MR) is 106 cm³/mol. The van der Waals surface area contributed by atoms with E-state index in [2.05, 4.69) is 77.1 Å². The molecule has 0 bridgehead atoms. The fourth-order valence-electron chi connectivity index (χ4n) is 4.30. The normalized spacial score (nSPS) is 15.0. The molecule has 0 aliphatic heterocycles. The van der Waals surface area contributed by atoms with Gasteiger partial charge in [0.2, 0.25) is 0 Å². The van der Waals surface area contributed by atoms with E-state index in [1.165, 1.54) is 42.4 Å². The fourth-order valence-corrected chi connectivity index (χ4v) is 4.30. The van der Waals surface area contributed by atoms with Gasteiger partial charge >= 0.3 is 0 Å². The Balaban J connectivity index is 2.16. The molecule has 0 saturated carbocycles. The highest BCUT2D eigenvalue weighted by molar-refractivity contribution is 5.81. The molecule has 2 aromatic rings. The third-order valence-electron chi connectivity index (χ3n) is 5.72. The summed E-state index contributed by atoms with van der Waals surface area (Å²) in [7, 11) is 0. The van der Waals surface area contributed by atoms with Crippen molar-refractivity contribution in [3.8, 4) is 11.1 Å². The molecule has 128 valence electrons. The zero-order valence-electron chi connectivity index (χ0n) is 16.0. The first-order valence-corrected chi connectivity index (χ1v) is 9.65. The Morgan fingerprint density at radius 1 is 0.750 bits per heavy atom. The van der Waals surface area contributed by atoms with Crippen LogP contribution in [0.15, 0.2) is 42.5 Å². The first kappa shape index (κ1) is 17.3. The maximum Gasteiger partial charge on any atom is 0.0215 e. The van der Waals surface area contributed by atoms with Gasteiger partial charge in [0.15, 0.2) is 0 Å². The van der Waals surface area contributed by atoms with E-state index in [0.717, 1.165) is 11.8 Å². The molecule has 24 heavy (non-hydrogen) atoms. The summed E-state index contributed by atoms with van der Waals surface area (Å²) in [5.41, 5.74) is 7.72. The summed E-state index contributed by atoms with van der Waals surface area (Å²) in [5, 5.41) is 0. The van der Waals surface area contributed by atoms with Crippen molar-refractivity contribution in [2.45, 2.75) is 65.7 Å². The molecule has 0 saturated heterocycles. The smallest absolute Gasteiger partial charge is 0.0215 e. The molecule has 0 heteroatoms. The van der Waals surface area contributed by atoms with Crippen molar-refractivity contribution in [1.29, 1.82) is 0 Å². The average molecular weight is 321 g/mol. The van der Waals surface area contributed by atoms with Crippen molar-refractivity contribution in [2.75, 3.05) is 0 Å². The molecule has 0 unspecified atom stereocenters. The summed E-state index contributed by atoms with van der Waals surface area (Å²) in [4.78, 5) is 0. The Kier molecular flexibility index (Phi) is 4.85. The number of hydrogen-bond donors (Lipinski definition) is 0. The molecule has 0 nitrogen and oxygen atoms in total. The Morgan fingerprint density at radius 2 is 1.33 bits per heavy atom. The van der Waals surface area contributed by atoms with Gasteiger partial charge in [0, 0.05) is 5.41 Å². The van der Waals surface area contributed by atoms with E-state index in [-0.39, 0.29) is 5.41 Å². The van der Waals surface area contributed by atoms with E-state index >= 15 is 0 Å². The minimum Gasteiger partial charge on any atom is -0.0628 e. The highest BCUT2D eigenvalue weighted by Gasteiger charge is 2.42. The molecule has 0 fully saturated rings. The number of aryl methyl sites for hydroxylation is 1. The van der Waals surface area contributed by atoms with Crippen molar-refractivity contribution < 1.29 is 0 Å². The van der Waals surface area contributed by atoms with Crippen LogP contribution in [-0.4, -0.2) is 0 Å². The highest BCUT2D eigenvalue weighted by Crippen LogP contribution is 2.54. The van der Waals surface area contributed by atoms with Crippen LogP contribution < -0.4 is 0 Å². The Morgan fingerprint density at radius 3 is 1.96 bits per heavy atom. The molecule has 1 aliphatic carbocycles. The lowest BCUT2D eigenvalue weighted by Gasteiger charge is -2.34. The van der Waals surface area contributed by atoms with Crippen LogP contribution in [0.5, 0.6) is 0 Å². The summed E-state index contributed by atoms with van der Waals surface area (Å²) in [6, 6.07) is 16.3. The minimum absolute atomic E-state index is 0.215. The quantitative estimate of drug-likeness (QED) is 0.531. The first-order valence-electron chi connectivity index (χ1n) is 9.65. The minimum atomic E-state index is 0.215. The van der Waals surface area contributed by atoms with Crippen molar-refractivity contribution in [3.63, 3.8) is 0 Å². The van der Waals surface area contributed by atoms with E-state index in [1.54, 1.807) is 11.1 Å². The van der Waals surface area contributed by atoms with E-state index in [1.807, 2.05) is 0 Å². The SMILES string of the molecule is Cc1ccc2c(c1)C(CCC(C)C)(CCC(C)C)c1ccccc1-2. The van der Waals surface area contributed by atoms with Gasteiger partial charge in [-0.1, -0.05) is 75.7 Å². The molecular weight excluding hydrogens is 288 g/mol. The van der Waals surface area contributed by atoms with Gasteiger partial charge in [0.1, 0.15) is 0 Å². The lowest BCUT2D eigenvalue weighted by Crippen LogP contribution is -2.26. The van der Waals surface area contributed by atoms with Crippen molar-refractivity contribution in [3.05, 3.63) is 59.2 Å².